The highest BCUT2D eigenvalue weighted by Gasteiger charge is 2.51. The van der Waals surface area contributed by atoms with Gasteiger partial charge in [-0.3, -0.25) is 9.97 Å². The molecule has 0 spiro atoms. The lowest BCUT2D eigenvalue weighted by atomic mass is 9.78. The first-order valence-electron chi connectivity index (χ1n) is 9.04. The minimum atomic E-state index is -0.455. The molecule has 0 atom stereocenters. The van der Waals surface area contributed by atoms with Crippen LogP contribution in [0.3, 0.4) is 0 Å². The van der Waals surface area contributed by atoms with Gasteiger partial charge in [-0.05, 0) is 69.6 Å². The summed E-state index contributed by atoms with van der Waals surface area (Å²) in [6.07, 6.45) is 7.12. The molecule has 136 valence electrons. The van der Waals surface area contributed by atoms with Crippen LogP contribution in [0.1, 0.15) is 27.7 Å². The van der Waals surface area contributed by atoms with Crippen LogP contribution in [0, 0.1) is 0 Å². The van der Waals surface area contributed by atoms with Crippen molar-refractivity contribution in [3.05, 3.63) is 61.2 Å². The molecule has 4 rings (SSSR count). The normalized spacial score (nSPS) is 17.9. The van der Waals surface area contributed by atoms with E-state index in [9.17, 15) is 0 Å². The third kappa shape index (κ3) is 3.38. The topological polar surface area (TPSA) is 57.1 Å². The number of rotatable bonds is 3. The summed E-state index contributed by atoms with van der Waals surface area (Å²) in [4.78, 5) is 13.3. The summed E-state index contributed by atoms with van der Waals surface area (Å²) in [5.74, 6) is 0. The van der Waals surface area contributed by atoms with Crippen molar-refractivity contribution in [2.75, 3.05) is 0 Å². The van der Waals surface area contributed by atoms with Gasteiger partial charge in [-0.25, -0.2) is 4.98 Å². The molecule has 6 heteroatoms. The van der Waals surface area contributed by atoms with Crippen LogP contribution in [0.2, 0.25) is 0 Å². The lowest BCUT2D eigenvalue weighted by Crippen LogP contribution is -2.41. The van der Waals surface area contributed by atoms with E-state index in [1.165, 1.54) is 0 Å². The van der Waals surface area contributed by atoms with Crippen molar-refractivity contribution in [3.63, 3.8) is 0 Å². The molecule has 0 amide bonds. The summed E-state index contributed by atoms with van der Waals surface area (Å²) < 4.78 is 12.5. The largest absolute Gasteiger partial charge is 0.494 e. The standard InChI is InChI=1S/C21H22BN3O2/c1-20(2)21(3,4)27-22(26-20)17-11-18(15-7-5-9-23-13-15)25-19(12-17)16-8-6-10-24-14-16/h5-14H,1-4H3. The summed E-state index contributed by atoms with van der Waals surface area (Å²) in [6, 6.07) is 11.8. The molecule has 27 heavy (non-hydrogen) atoms. The average Bonchev–Trinajstić information content (AvgIpc) is 2.90. The van der Waals surface area contributed by atoms with E-state index in [-0.39, 0.29) is 0 Å². The van der Waals surface area contributed by atoms with Crippen LogP contribution in [0.5, 0.6) is 0 Å². The molecule has 1 aliphatic heterocycles. The Morgan fingerprint density at radius 3 is 1.67 bits per heavy atom. The fourth-order valence-corrected chi connectivity index (χ4v) is 2.99. The van der Waals surface area contributed by atoms with Gasteiger partial charge in [0, 0.05) is 35.9 Å². The maximum atomic E-state index is 6.25. The molecule has 0 aliphatic carbocycles. The summed E-state index contributed by atoms with van der Waals surface area (Å²) >= 11 is 0. The minimum absolute atomic E-state index is 0.399. The van der Waals surface area contributed by atoms with E-state index < -0.39 is 18.3 Å². The van der Waals surface area contributed by atoms with Gasteiger partial charge in [0.15, 0.2) is 0 Å². The lowest BCUT2D eigenvalue weighted by Gasteiger charge is -2.32. The first-order chi connectivity index (χ1) is 12.9. The number of hydrogen-bond acceptors (Lipinski definition) is 5. The molecule has 0 unspecified atom stereocenters. The number of nitrogens with zero attached hydrogens (tertiary/aromatic N) is 3. The van der Waals surface area contributed by atoms with E-state index in [1.807, 2.05) is 48.8 Å². The molecule has 0 aromatic carbocycles. The van der Waals surface area contributed by atoms with Gasteiger partial charge in [-0.15, -0.1) is 0 Å². The van der Waals surface area contributed by atoms with Gasteiger partial charge in [0.1, 0.15) is 0 Å². The smallest absolute Gasteiger partial charge is 0.399 e. The SMILES string of the molecule is CC1(C)OB(c2cc(-c3cccnc3)nc(-c3cccnc3)c2)OC1(C)C. The average molecular weight is 359 g/mol. The Morgan fingerprint density at radius 1 is 0.778 bits per heavy atom. The Kier molecular flexibility index (Phi) is 4.33. The van der Waals surface area contributed by atoms with Crippen LogP contribution in [-0.2, 0) is 9.31 Å². The zero-order valence-electron chi connectivity index (χ0n) is 16.0. The Labute approximate surface area is 160 Å². The Bertz CT molecular complexity index is 872. The van der Waals surface area contributed by atoms with Gasteiger partial charge in [-0.1, -0.05) is 0 Å². The fourth-order valence-electron chi connectivity index (χ4n) is 2.99. The van der Waals surface area contributed by atoms with Crippen LogP contribution in [0.4, 0.5) is 0 Å². The molecule has 1 aliphatic rings. The zero-order chi connectivity index (χ0) is 19.1. The van der Waals surface area contributed by atoms with Crippen molar-refractivity contribution in [1.29, 1.82) is 0 Å². The second kappa shape index (κ2) is 6.55. The molecule has 0 N–H and O–H groups in total. The molecule has 1 saturated heterocycles. The van der Waals surface area contributed by atoms with Crippen molar-refractivity contribution >= 4 is 12.6 Å². The summed E-state index contributed by atoms with van der Waals surface area (Å²) in [5, 5.41) is 0. The predicted octanol–water partition coefficient (Wildman–Crippen LogP) is 3.50. The second-order valence-corrected chi connectivity index (χ2v) is 7.74. The van der Waals surface area contributed by atoms with Crippen molar-refractivity contribution in [2.45, 2.75) is 38.9 Å². The van der Waals surface area contributed by atoms with Crippen molar-refractivity contribution < 1.29 is 9.31 Å². The highest BCUT2D eigenvalue weighted by molar-refractivity contribution is 6.62. The maximum Gasteiger partial charge on any atom is 0.494 e. The van der Waals surface area contributed by atoms with E-state index >= 15 is 0 Å². The maximum absolute atomic E-state index is 6.25. The quantitative estimate of drug-likeness (QED) is 0.670. The first-order valence-corrected chi connectivity index (χ1v) is 9.04. The second-order valence-electron chi connectivity index (χ2n) is 7.74. The lowest BCUT2D eigenvalue weighted by molar-refractivity contribution is 0.00578. The van der Waals surface area contributed by atoms with E-state index in [2.05, 4.69) is 37.7 Å². The third-order valence-corrected chi connectivity index (χ3v) is 5.29. The molecule has 3 aromatic heterocycles. The number of aromatic nitrogens is 3. The van der Waals surface area contributed by atoms with Gasteiger partial charge < -0.3 is 9.31 Å². The van der Waals surface area contributed by atoms with Crippen molar-refractivity contribution in [2.24, 2.45) is 0 Å². The number of hydrogen-bond donors (Lipinski definition) is 0. The summed E-state index contributed by atoms with van der Waals surface area (Å²) in [5.41, 5.74) is 3.68. The van der Waals surface area contributed by atoms with Crippen molar-refractivity contribution in [1.82, 2.24) is 15.0 Å². The molecule has 5 nitrogen and oxygen atoms in total. The Balaban J connectivity index is 1.82. The summed E-state index contributed by atoms with van der Waals surface area (Å²) in [6.45, 7) is 8.22. The monoisotopic (exact) mass is 359 g/mol. The van der Waals surface area contributed by atoms with Crippen LogP contribution in [0.25, 0.3) is 22.5 Å². The molecule has 1 fully saturated rings. The van der Waals surface area contributed by atoms with Gasteiger partial charge in [-0.2, -0.15) is 0 Å². The highest BCUT2D eigenvalue weighted by Crippen LogP contribution is 2.37. The zero-order valence-corrected chi connectivity index (χ0v) is 16.0. The molecule has 0 radical (unpaired) electrons. The molecular weight excluding hydrogens is 337 g/mol. The fraction of sp³-hybridized carbons (Fsp3) is 0.286. The highest BCUT2D eigenvalue weighted by atomic mass is 16.7. The summed E-state index contributed by atoms with van der Waals surface area (Å²) in [7, 11) is -0.455. The molecular formula is C21H22BN3O2. The first kappa shape index (κ1) is 17.8. The van der Waals surface area contributed by atoms with Crippen molar-refractivity contribution in [3.8, 4) is 22.5 Å². The minimum Gasteiger partial charge on any atom is -0.399 e. The molecule has 3 aromatic rings. The van der Waals surface area contributed by atoms with Gasteiger partial charge in [0.25, 0.3) is 0 Å². The van der Waals surface area contributed by atoms with E-state index in [4.69, 9.17) is 14.3 Å². The van der Waals surface area contributed by atoms with Gasteiger partial charge in [0.05, 0.1) is 22.6 Å². The Hall–Kier alpha value is -2.57. The number of pyridine rings is 3. The molecule has 0 saturated carbocycles. The van der Waals surface area contributed by atoms with E-state index in [1.54, 1.807) is 12.4 Å². The van der Waals surface area contributed by atoms with E-state index in [0.29, 0.717) is 0 Å². The van der Waals surface area contributed by atoms with Crippen LogP contribution in [0.15, 0.2) is 61.2 Å². The molecule has 4 heterocycles. The van der Waals surface area contributed by atoms with Gasteiger partial charge >= 0.3 is 7.12 Å². The predicted molar refractivity (Wildman–Crippen MR) is 106 cm³/mol. The van der Waals surface area contributed by atoms with Gasteiger partial charge in [0.2, 0.25) is 0 Å². The third-order valence-electron chi connectivity index (χ3n) is 5.29. The van der Waals surface area contributed by atoms with E-state index in [0.717, 1.165) is 28.0 Å². The van der Waals surface area contributed by atoms with Crippen LogP contribution >= 0.6 is 0 Å². The molecule has 0 bridgehead atoms. The Morgan fingerprint density at radius 2 is 1.26 bits per heavy atom. The van der Waals surface area contributed by atoms with Crippen LogP contribution < -0.4 is 5.46 Å². The van der Waals surface area contributed by atoms with Crippen LogP contribution in [-0.4, -0.2) is 33.3 Å².